The van der Waals surface area contributed by atoms with E-state index in [2.05, 4.69) is 13.8 Å². The van der Waals surface area contributed by atoms with Gasteiger partial charge in [0, 0.05) is 18.8 Å². The SMILES string of the molecule is CC(=O)[C@H]1[C@@H](O)C[C@@H]2[C@H]3CC[C@H]4CC(=O)CC[C@]4(C)[C@@H]3CC[C@@]21C. The lowest BCUT2D eigenvalue weighted by Gasteiger charge is -2.60. The van der Waals surface area contributed by atoms with Crippen LogP contribution >= 0.6 is 0 Å². The summed E-state index contributed by atoms with van der Waals surface area (Å²) in [7, 11) is 0. The maximum atomic E-state index is 12.2. The van der Waals surface area contributed by atoms with Crippen molar-refractivity contribution in [2.45, 2.75) is 78.2 Å². The summed E-state index contributed by atoms with van der Waals surface area (Å²) in [6.45, 7) is 6.38. The van der Waals surface area contributed by atoms with Gasteiger partial charge in [0.1, 0.15) is 11.6 Å². The first-order chi connectivity index (χ1) is 11.3. The Kier molecular flexibility index (Phi) is 3.77. The van der Waals surface area contributed by atoms with Gasteiger partial charge in [0.15, 0.2) is 0 Å². The van der Waals surface area contributed by atoms with Gasteiger partial charge in [-0.25, -0.2) is 0 Å². The highest BCUT2D eigenvalue weighted by Crippen LogP contribution is 2.67. The highest BCUT2D eigenvalue weighted by molar-refractivity contribution is 5.80. The summed E-state index contributed by atoms with van der Waals surface area (Å²) in [4.78, 5) is 24.2. The molecule has 134 valence electrons. The number of aliphatic hydroxyl groups excluding tert-OH is 1. The van der Waals surface area contributed by atoms with Gasteiger partial charge in [-0.15, -0.1) is 0 Å². The van der Waals surface area contributed by atoms with Gasteiger partial charge in [0.2, 0.25) is 0 Å². The lowest BCUT2D eigenvalue weighted by molar-refractivity contribution is -0.144. The van der Waals surface area contributed by atoms with Crippen molar-refractivity contribution in [1.29, 1.82) is 0 Å². The molecule has 0 spiro atoms. The maximum absolute atomic E-state index is 12.2. The lowest BCUT2D eigenvalue weighted by atomic mass is 9.44. The first-order valence-corrected chi connectivity index (χ1v) is 9.97. The minimum atomic E-state index is -0.449. The van der Waals surface area contributed by atoms with Gasteiger partial charge in [-0.1, -0.05) is 13.8 Å². The van der Waals surface area contributed by atoms with E-state index in [9.17, 15) is 14.7 Å². The number of hydrogen-bond donors (Lipinski definition) is 1. The average Bonchev–Trinajstić information content (AvgIpc) is 2.78. The summed E-state index contributed by atoms with van der Waals surface area (Å²) in [6, 6.07) is 0. The average molecular weight is 332 g/mol. The van der Waals surface area contributed by atoms with Crippen LogP contribution in [0.2, 0.25) is 0 Å². The topological polar surface area (TPSA) is 54.4 Å². The monoisotopic (exact) mass is 332 g/mol. The molecular weight excluding hydrogens is 300 g/mol. The van der Waals surface area contributed by atoms with Crippen LogP contribution in [-0.4, -0.2) is 22.8 Å². The Morgan fingerprint density at radius 1 is 1.08 bits per heavy atom. The predicted octanol–water partition coefficient (Wildman–Crippen LogP) is 3.77. The molecule has 8 atom stereocenters. The molecule has 0 bridgehead atoms. The van der Waals surface area contributed by atoms with Crippen LogP contribution in [0.25, 0.3) is 0 Å². The zero-order chi connectivity index (χ0) is 17.3. The third-order valence-electron chi connectivity index (χ3n) is 8.95. The van der Waals surface area contributed by atoms with Crippen LogP contribution in [0.1, 0.15) is 72.1 Å². The van der Waals surface area contributed by atoms with Gasteiger partial charge in [-0.3, -0.25) is 9.59 Å². The van der Waals surface area contributed by atoms with E-state index in [1.807, 2.05) is 0 Å². The Morgan fingerprint density at radius 3 is 2.54 bits per heavy atom. The van der Waals surface area contributed by atoms with Crippen molar-refractivity contribution in [3.05, 3.63) is 0 Å². The van der Waals surface area contributed by atoms with Crippen molar-refractivity contribution < 1.29 is 14.7 Å². The molecule has 0 saturated heterocycles. The van der Waals surface area contributed by atoms with Crippen LogP contribution in [0.15, 0.2) is 0 Å². The number of carbonyl (C=O) groups excluding carboxylic acids is 2. The van der Waals surface area contributed by atoms with Crippen LogP contribution in [0.3, 0.4) is 0 Å². The molecule has 1 N–H and O–H groups in total. The second-order valence-corrected chi connectivity index (χ2v) is 9.84. The zero-order valence-electron chi connectivity index (χ0n) is 15.4. The van der Waals surface area contributed by atoms with Crippen molar-refractivity contribution in [3.8, 4) is 0 Å². The third-order valence-corrected chi connectivity index (χ3v) is 8.95. The molecule has 0 aromatic carbocycles. The second kappa shape index (κ2) is 5.40. The molecule has 4 rings (SSSR count). The number of aliphatic hydroxyl groups is 1. The van der Waals surface area contributed by atoms with E-state index < -0.39 is 6.10 Å². The number of ketones is 2. The minimum absolute atomic E-state index is 0.0138. The van der Waals surface area contributed by atoms with E-state index in [4.69, 9.17) is 0 Å². The molecular formula is C21H32O3. The maximum Gasteiger partial charge on any atom is 0.136 e. The van der Waals surface area contributed by atoms with E-state index in [0.29, 0.717) is 34.9 Å². The van der Waals surface area contributed by atoms with Gasteiger partial charge in [0.05, 0.1) is 6.10 Å². The van der Waals surface area contributed by atoms with Gasteiger partial charge in [0.25, 0.3) is 0 Å². The molecule has 0 unspecified atom stereocenters. The van der Waals surface area contributed by atoms with Gasteiger partial charge < -0.3 is 5.11 Å². The smallest absolute Gasteiger partial charge is 0.136 e. The lowest BCUT2D eigenvalue weighted by Crippen LogP contribution is -2.54. The molecule has 4 aliphatic rings. The zero-order valence-corrected chi connectivity index (χ0v) is 15.4. The Labute approximate surface area is 145 Å². The molecule has 0 radical (unpaired) electrons. The number of hydrogen-bond acceptors (Lipinski definition) is 3. The molecule has 4 saturated carbocycles. The van der Waals surface area contributed by atoms with Crippen LogP contribution in [0, 0.1) is 40.4 Å². The van der Waals surface area contributed by atoms with E-state index in [0.717, 1.165) is 38.5 Å². The number of Topliss-reactive ketones (excluding diaryl/α,β-unsaturated/α-hetero) is 2. The third kappa shape index (κ3) is 2.12. The largest absolute Gasteiger partial charge is 0.392 e. The predicted molar refractivity (Wildman–Crippen MR) is 92.3 cm³/mol. The van der Waals surface area contributed by atoms with Crippen LogP contribution in [0.4, 0.5) is 0 Å². The normalized spacial score (nSPS) is 53.9. The van der Waals surface area contributed by atoms with Crippen molar-refractivity contribution in [1.82, 2.24) is 0 Å². The van der Waals surface area contributed by atoms with Crippen LogP contribution in [0.5, 0.6) is 0 Å². The highest BCUT2D eigenvalue weighted by atomic mass is 16.3. The summed E-state index contributed by atoms with van der Waals surface area (Å²) in [5.74, 6) is 2.84. The fraction of sp³-hybridized carbons (Fsp3) is 0.905. The summed E-state index contributed by atoms with van der Waals surface area (Å²) < 4.78 is 0. The van der Waals surface area contributed by atoms with E-state index in [-0.39, 0.29) is 17.1 Å². The van der Waals surface area contributed by atoms with Gasteiger partial charge in [-0.2, -0.15) is 0 Å². The first kappa shape index (κ1) is 16.8. The quantitative estimate of drug-likeness (QED) is 0.795. The van der Waals surface area contributed by atoms with Crippen LogP contribution in [-0.2, 0) is 9.59 Å². The molecule has 24 heavy (non-hydrogen) atoms. The molecule has 4 aliphatic carbocycles. The fourth-order valence-corrected chi connectivity index (χ4v) is 7.79. The minimum Gasteiger partial charge on any atom is -0.392 e. The van der Waals surface area contributed by atoms with E-state index in [1.54, 1.807) is 6.92 Å². The van der Waals surface area contributed by atoms with Crippen molar-refractivity contribution in [2.24, 2.45) is 40.4 Å². The summed E-state index contributed by atoms with van der Waals surface area (Å²) in [5, 5.41) is 10.6. The molecule has 0 amide bonds. The molecule has 4 fully saturated rings. The molecule has 3 nitrogen and oxygen atoms in total. The standard InChI is InChI=1S/C21H32O3/c1-12(22)19-18(24)11-17-15-5-4-13-10-14(23)6-8-20(13,2)16(15)7-9-21(17,19)3/h13,15-19,24H,4-11H2,1-3H3/t13-,15-,16+,17+,18-,19-,20-,21-/m0/s1. The molecule has 0 aliphatic heterocycles. The van der Waals surface area contributed by atoms with E-state index in [1.165, 1.54) is 12.8 Å². The first-order valence-electron chi connectivity index (χ1n) is 9.97. The molecule has 3 heteroatoms. The fourth-order valence-electron chi connectivity index (χ4n) is 7.79. The Balaban J connectivity index is 1.65. The van der Waals surface area contributed by atoms with Gasteiger partial charge >= 0.3 is 0 Å². The van der Waals surface area contributed by atoms with Crippen molar-refractivity contribution in [3.63, 3.8) is 0 Å². The molecule has 0 aromatic heterocycles. The van der Waals surface area contributed by atoms with Gasteiger partial charge in [-0.05, 0) is 80.0 Å². The second-order valence-electron chi connectivity index (χ2n) is 9.84. The molecule has 0 aromatic rings. The Morgan fingerprint density at radius 2 is 1.83 bits per heavy atom. The van der Waals surface area contributed by atoms with Crippen molar-refractivity contribution in [2.75, 3.05) is 0 Å². The number of carbonyl (C=O) groups is 2. The number of rotatable bonds is 1. The van der Waals surface area contributed by atoms with Crippen molar-refractivity contribution >= 4 is 11.6 Å². The Hall–Kier alpha value is -0.700. The highest BCUT2D eigenvalue weighted by Gasteiger charge is 2.62. The molecule has 0 heterocycles. The Bertz CT molecular complexity index is 569. The number of fused-ring (bicyclic) bond motifs is 5. The summed E-state index contributed by atoms with van der Waals surface area (Å²) in [6.07, 6.45) is 7.56. The summed E-state index contributed by atoms with van der Waals surface area (Å²) in [5.41, 5.74) is 0.289. The van der Waals surface area contributed by atoms with E-state index >= 15 is 0 Å². The van der Waals surface area contributed by atoms with Crippen LogP contribution < -0.4 is 0 Å². The summed E-state index contributed by atoms with van der Waals surface area (Å²) >= 11 is 0.